The van der Waals surface area contributed by atoms with Crippen LogP contribution in [0.4, 0.5) is 5.69 Å². The quantitative estimate of drug-likeness (QED) is 0.542. The molecule has 1 amide bonds. The molecule has 7 nitrogen and oxygen atoms in total. The van der Waals surface area contributed by atoms with Crippen molar-refractivity contribution in [2.24, 2.45) is 0 Å². The molecule has 0 bridgehead atoms. The lowest BCUT2D eigenvalue weighted by atomic mass is 9.82. The van der Waals surface area contributed by atoms with Gasteiger partial charge in [0.1, 0.15) is 0 Å². The Kier molecular flexibility index (Phi) is 5.63. The summed E-state index contributed by atoms with van der Waals surface area (Å²) < 4.78 is 4.92. The minimum absolute atomic E-state index is 0.137. The number of methoxy groups -OCH3 is 1. The predicted molar refractivity (Wildman–Crippen MR) is 99.5 cm³/mol. The SMILES string of the molecule is COCCNC(=O)c1ccc2c(c1NCCO)C(=O)c1ccccc1C2=O. The summed E-state index contributed by atoms with van der Waals surface area (Å²) in [4.78, 5) is 38.4. The molecule has 27 heavy (non-hydrogen) atoms. The molecule has 0 heterocycles. The predicted octanol–water partition coefficient (Wildman–Crippen LogP) is 1.24. The van der Waals surface area contributed by atoms with Crippen molar-refractivity contribution in [3.63, 3.8) is 0 Å². The van der Waals surface area contributed by atoms with E-state index in [4.69, 9.17) is 4.74 Å². The van der Waals surface area contributed by atoms with Crippen molar-refractivity contribution in [1.29, 1.82) is 0 Å². The standard InChI is InChI=1S/C20H20N2O5/c1-27-11-9-22-20(26)15-7-6-14-16(17(15)21-8-10-23)19(25)13-5-3-2-4-12(13)18(14)24/h2-7,21,23H,8-11H2,1H3,(H,22,26). The Morgan fingerprint density at radius 2 is 1.70 bits per heavy atom. The maximum absolute atomic E-state index is 13.1. The summed E-state index contributed by atoms with van der Waals surface area (Å²) in [6.45, 7) is 0.605. The molecule has 2 aromatic carbocycles. The molecule has 0 fully saturated rings. The van der Waals surface area contributed by atoms with E-state index in [1.54, 1.807) is 24.3 Å². The van der Waals surface area contributed by atoms with Crippen LogP contribution in [0, 0.1) is 0 Å². The van der Waals surface area contributed by atoms with Crippen molar-refractivity contribution >= 4 is 23.2 Å². The molecule has 0 spiro atoms. The number of nitrogens with one attached hydrogen (secondary N) is 2. The first-order valence-electron chi connectivity index (χ1n) is 8.57. The molecular formula is C20H20N2O5. The number of carbonyl (C=O) groups is 3. The van der Waals surface area contributed by atoms with Gasteiger partial charge in [0, 0.05) is 36.9 Å². The van der Waals surface area contributed by atoms with E-state index in [9.17, 15) is 19.5 Å². The van der Waals surface area contributed by atoms with E-state index in [0.717, 1.165) is 0 Å². The molecule has 140 valence electrons. The number of aliphatic hydroxyl groups excluding tert-OH is 1. The van der Waals surface area contributed by atoms with Crippen LogP contribution in [0.25, 0.3) is 0 Å². The highest BCUT2D eigenvalue weighted by Gasteiger charge is 2.33. The molecule has 3 rings (SSSR count). The van der Waals surface area contributed by atoms with Crippen LogP contribution in [0.5, 0.6) is 0 Å². The minimum atomic E-state index is -0.394. The summed E-state index contributed by atoms with van der Waals surface area (Å²) in [6.07, 6.45) is 0. The molecule has 0 saturated heterocycles. The van der Waals surface area contributed by atoms with Crippen LogP contribution in [0.15, 0.2) is 36.4 Å². The number of carbonyl (C=O) groups excluding carboxylic acids is 3. The average Bonchev–Trinajstić information content (AvgIpc) is 2.69. The van der Waals surface area contributed by atoms with Crippen molar-refractivity contribution in [3.8, 4) is 0 Å². The second-order valence-electron chi connectivity index (χ2n) is 6.01. The molecule has 1 aliphatic rings. The first kappa shape index (κ1) is 18.8. The largest absolute Gasteiger partial charge is 0.395 e. The fourth-order valence-corrected chi connectivity index (χ4v) is 3.10. The number of benzene rings is 2. The Hall–Kier alpha value is -3.03. The third-order valence-corrected chi connectivity index (χ3v) is 4.34. The number of amides is 1. The summed E-state index contributed by atoms with van der Waals surface area (Å²) in [5.74, 6) is -0.986. The molecule has 0 aliphatic heterocycles. The van der Waals surface area contributed by atoms with Gasteiger partial charge >= 0.3 is 0 Å². The summed E-state index contributed by atoms with van der Waals surface area (Å²) >= 11 is 0. The molecule has 0 atom stereocenters. The van der Waals surface area contributed by atoms with Gasteiger partial charge in [-0.2, -0.15) is 0 Å². The van der Waals surface area contributed by atoms with Crippen LogP contribution in [0.2, 0.25) is 0 Å². The Morgan fingerprint density at radius 3 is 2.37 bits per heavy atom. The van der Waals surface area contributed by atoms with Crippen LogP contribution in [-0.4, -0.2) is 56.0 Å². The Labute approximate surface area is 156 Å². The van der Waals surface area contributed by atoms with E-state index in [0.29, 0.717) is 24.3 Å². The van der Waals surface area contributed by atoms with E-state index < -0.39 is 5.91 Å². The van der Waals surface area contributed by atoms with Gasteiger partial charge < -0.3 is 20.5 Å². The van der Waals surface area contributed by atoms with Crippen molar-refractivity contribution in [1.82, 2.24) is 5.32 Å². The Morgan fingerprint density at radius 1 is 1.00 bits per heavy atom. The first-order chi connectivity index (χ1) is 13.1. The molecule has 1 aliphatic carbocycles. The maximum Gasteiger partial charge on any atom is 0.253 e. The lowest BCUT2D eigenvalue weighted by Crippen LogP contribution is -2.30. The maximum atomic E-state index is 13.1. The fourth-order valence-electron chi connectivity index (χ4n) is 3.10. The summed E-state index contributed by atoms with van der Waals surface area (Å²) in [5, 5.41) is 14.8. The number of rotatable bonds is 7. The van der Waals surface area contributed by atoms with Crippen LogP contribution in [0.3, 0.4) is 0 Å². The molecule has 2 aromatic rings. The van der Waals surface area contributed by atoms with Gasteiger partial charge in [-0.15, -0.1) is 0 Å². The molecule has 3 N–H and O–H groups in total. The number of fused-ring (bicyclic) bond motifs is 2. The third-order valence-electron chi connectivity index (χ3n) is 4.34. The van der Waals surface area contributed by atoms with Crippen molar-refractivity contribution in [2.75, 3.05) is 38.7 Å². The monoisotopic (exact) mass is 368 g/mol. The second-order valence-corrected chi connectivity index (χ2v) is 6.01. The number of ketones is 2. The highest BCUT2D eigenvalue weighted by Crippen LogP contribution is 2.34. The number of anilines is 1. The highest BCUT2D eigenvalue weighted by molar-refractivity contribution is 6.31. The normalized spacial score (nSPS) is 12.4. The minimum Gasteiger partial charge on any atom is -0.395 e. The van der Waals surface area contributed by atoms with E-state index in [2.05, 4.69) is 10.6 Å². The smallest absolute Gasteiger partial charge is 0.253 e. The summed E-state index contributed by atoms with van der Waals surface area (Å²) in [6, 6.07) is 9.62. The van der Waals surface area contributed by atoms with Crippen molar-refractivity contribution in [3.05, 3.63) is 64.2 Å². The van der Waals surface area contributed by atoms with Gasteiger partial charge in [0.2, 0.25) is 0 Å². The fraction of sp³-hybridized carbons (Fsp3) is 0.250. The Balaban J connectivity index is 2.10. The van der Waals surface area contributed by atoms with Gasteiger partial charge in [0.25, 0.3) is 5.91 Å². The van der Waals surface area contributed by atoms with E-state index >= 15 is 0 Å². The number of aliphatic hydroxyl groups is 1. The summed E-state index contributed by atoms with van der Waals surface area (Å²) in [7, 11) is 1.53. The molecule has 0 aromatic heterocycles. The number of hydrogen-bond acceptors (Lipinski definition) is 6. The molecule has 0 saturated carbocycles. The molecule has 0 radical (unpaired) electrons. The van der Waals surface area contributed by atoms with Crippen LogP contribution < -0.4 is 10.6 Å². The van der Waals surface area contributed by atoms with Gasteiger partial charge in [0.05, 0.1) is 30.0 Å². The summed E-state index contributed by atoms with van der Waals surface area (Å²) in [5.41, 5.74) is 1.54. The number of hydrogen-bond donors (Lipinski definition) is 3. The van der Waals surface area contributed by atoms with Gasteiger partial charge in [-0.1, -0.05) is 24.3 Å². The Bertz CT molecular complexity index is 907. The lowest BCUT2D eigenvalue weighted by molar-refractivity contribution is 0.0936. The molecule has 0 unspecified atom stereocenters. The third kappa shape index (κ3) is 3.47. The lowest BCUT2D eigenvalue weighted by Gasteiger charge is -2.22. The topological polar surface area (TPSA) is 105 Å². The first-order valence-corrected chi connectivity index (χ1v) is 8.57. The van der Waals surface area contributed by atoms with Gasteiger partial charge in [-0.3, -0.25) is 14.4 Å². The highest BCUT2D eigenvalue weighted by atomic mass is 16.5. The van der Waals surface area contributed by atoms with E-state index in [1.165, 1.54) is 19.2 Å². The average molecular weight is 368 g/mol. The van der Waals surface area contributed by atoms with Gasteiger partial charge in [0.15, 0.2) is 11.6 Å². The van der Waals surface area contributed by atoms with Crippen molar-refractivity contribution < 1.29 is 24.2 Å². The van der Waals surface area contributed by atoms with Gasteiger partial charge in [-0.05, 0) is 12.1 Å². The van der Waals surface area contributed by atoms with E-state index in [-0.39, 0.29) is 47.1 Å². The van der Waals surface area contributed by atoms with Crippen LogP contribution in [-0.2, 0) is 4.74 Å². The van der Waals surface area contributed by atoms with Crippen LogP contribution >= 0.6 is 0 Å². The van der Waals surface area contributed by atoms with Crippen molar-refractivity contribution in [2.45, 2.75) is 0 Å². The number of ether oxygens (including phenoxy) is 1. The zero-order valence-electron chi connectivity index (χ0n) is 14.9. The van der Waals surface area contributed by atoms with E-state index in [1.807, 2.05) is 0 Å². The van der Waals surface area contributed by atoms with Gasteiger partial charge in [-0.25, -0.2) is 0 Å². The van der Waals surface area contributed by atoms with Crippen LogP contribution in [0.1, 0.15) is 42.2 Å². The molecule has 7 heteroatoms. The molecular weight excluding hydrogens is 348 g/mol. The zero-order valence-corrected chi connectivity index (χ0v) is 14.9. The second kappa shape index (κ2) is 8.11. The zero-order chi connectivity index (χ0) is 19.4.